The van der Waals surface area contributed by atoms with Gasteiger partial charge < -0.3 is 0 Å². The second kappa shape index (κ2) is 3.41. The van der Waals surface area contributed by atoms with E-state index in [0.717, 1.165) is 18.2 Å². The zero-order valence-electron chi connectivity index (χ0n) is 5.68. The van der Waals surface area contributed by atoms with Crippen LogP contribution >= 0.6 is 0 Å². The van der Waals surface area contributed by atoms with Crippen LogP contribution in [0.5, 0.6) is 0 Å². The summed E-state index contributed by atoms with van der Waals surface area (Å²) in [5.41, 5.74) is 0.118. The highest BCUT2D eigenvalue weighted by Crippen LogP contribution is 2.09. The van der Waals surface area contributed by atoms with Crippen LogP contribution in [0.4, 0.5) is 8.78 Å². The molecule has 0 aromatic heterocycles. The molecule has 0 unspecified atom stereocenters. The lowest BCUT2D eigenvalue weighted by Crippen LogP contribution is -2.01. The highest BCUT2D eigenvalue weighted by atomic mass is 19.1. The normalized spacial score (nSPS) is 10.1. The molecule has 2 N–H and O–H groups in total. The first kappa shape index (κ1) is 8.10. The molecule has 4 heteroatoms. The Bertz CT molecular complexity index is 252. The molecule has 1 aromatic rings. The van der Waals surface area contributed by atoms with Crippen molar-refractivity contribution in [2.75, 3.05) is 0 Å². The molecular weight excluding hydrogens is 152 g/mol. The number of nitrogens with two attached hydrogens (primary N) is 1. The van der Waals surface area contributed by atoms with Crippen LogP contribution in [0.25, 0.3) is 0 Å². The summed E-state index contributed by atoms with van der Waals surface area (Å²) in [4.78, 5) is 4.16. The summed E-state index contributed by atoms with van der Waals surface area (Å²) in [7, 11) is 0. The summed E-state index contributed by atoms with van der Waals surface area (Å²) in [6, 6.07) is 3.11. The van der Waals surface area contributed by atoms with E-state index >= 15 is 0 Å². The average molecular weight is 159 g/mol. The Labute approximate surface area is 62.5 Å². The molecule has 0 bridgehead atoms. The van der Waals surface area contributed by atoms with Crippen molar-refractivity contribution in [2.45, 2.75) is 6.61 Å². The van der Waals surface area contributed by atoms with Gasteiger partial charge in [0.05, 0.1) is 6.61 Å². The van der Waals surface area contributed by atoms with Gasteiger partial charge in [0.2, 0.25) is 0 Å². The Morgan fingerprint density at radius 1 is 1.36 bits per heavy atom. The summed E-state index contributed by atoms with van der Waals surface area (Å²) in [5.74, 6) is 3.67. The van der Waals surface area contributed by atoms with Crippen LogP contribution in [-0.2, 0) is 11.4 Å². The number of hydrogen-bond acceptors (Lipinski definition) is 2. The first-order chi connectivity index (χ1) is 5.24. The van der Waals surface area contributed by atoms with Crippen molar-refractivity contribution < 1.29 is 13.6 Å². The third-order valence-corrected chi connectivity index (χ3v) is 1.25. The molecule has 0 amide bonds. The van der Waals surface area contributed by atoms with Crippen molar-refractivity contribution in [3.63, 3.8) is 0 Å². The predicted molar refractivity (Wildman–Crippen MR) is 35.3 cm³/mol. The minimum Gasteiger partial charge on any atom is -0.300 e. The predicted octanol–water partition coefficient (Wildman–Crippen LogP) is 1.36. The van der Waals surface area contributed by atoms with E-state index in [2.05, 4.69) is 4.84 Å². The number of halogens is 2. The Hall–Kier alpha value is -1.00. The van der Waals surface area contributed by atoms with E-state index < -0.39 is 11.6 Å². The zero-order chi connectivity index (χ0) is 8.27. The topological polar surface area (TPSA) is 35.2 Å². The molecule has 1 rings (SSSR count). The van der Waals surface area contributed by atoms with E-state index in [0.29, 0.717) is 0 Å². The molecule has 0 atom stereocenters. The van der Waals surface area contributed by atoms with Crippen LogP contribution in [0, 0.1) is 11.6 Å². The Balaban J connectivity index is 2.93. The Morgan fingerprint density at radius 2 is 2.09 bits per heavy atom. The van der Waals surface area contributed by atoms with E-state index in [-0.39, 0.29) is 12.2 Å². The highest BCUT2D eigenvalue weighted by Gasteiger charge is 2.02. The molecule has 0 spiro atoms. The van der Waals surface area contributed by atoms with E-state index in [9.17, 15) is 8.78 Å². The first-order valence-corrected chi connectivity index (χ1v) is 2.99. The fourth-order valence-electron chi connectivity index (χ4n) is 0.744. The number of rotatable bonds is 2. The molecule has 2 nitrogen and oxygen atoms in total. The lowest BCUT2D eigenvalue weighted by Gasteiger charge is -1.99. The van der Waals surface area contributed by atoms with E-state index in [1.807, 2.05) is 0 Å². The lowest BCUT2D eigenvalue weighted by atomic mass is 10.2. The van der Waals surface area contributed by atoms with E-state index in [1.165, 1.54) is 0 Å². The van der Waals surface area contributed by atoms with Crippen LogP contribution in [0.2, 0.25) is 0 Å². The summed E-state index contributed by atoms with van der Waals surface area (Å²) >= 11 is 0. The van der Waals surface area contributed by atoms with Crippen LogP contribution < -0.4 is 5.90 Å². The van der Waals surface area contributed by atoms with Gasteiger partial charge >= 0.3 is 0 Å². The fourth-order valence-corrected chi connectivity index (χ4v) is 0.744. The minimum atomic E-state index is -0.517. The third-order valence-electron chi connectivity index (χ3n) is 1.25. The average Bonchev–Trinajstić information content (AvgIpc) is 1.98. The molecule has 0 heterocycles. The zero-order valence-corrected chi connectivity index (χ0v) is 5.68. The highest BCUT2D eigenvalue weighted by molar-refractivity contribution is 5.17. The molecular formula is C7H7F2NO. The van der Waals surface area contributed by atoms with Gasteiger partial charge in [-0.3, -0.25) is 4.84 Å². The van der Waals surface area contributed by atoms with Crippen LogP contribution in [0.3, 0.4) is 0 Å². The van der Waals surface area contributed by atoms with Crippen molar-refractivity contribution >= 4 is 0 Å². The molecule has 0 saturated carbocycles. The maximum absolute atomic E-state index is 12.7. The van der Waals surface area contributed by atoms with Gasteiger partial charge in [0.15, 0.2) is 0 Å². The van der Waals surface area contributed by atoms with Crippen molar-refractivity contribution in [3.8, 4) is 0 Å². The SMILES string of the molecule is NOCc1cc(F)ccc1F. The summed E-state index contributed by atoms with van der Waals surface area (Å²) in [6.07, 6.45) is 0. The molecule has 0 radical (unpaired) electrons. The molecule has 1 aromatic carbocycles. The fraction of sp³-hybridized carbons (Fsp3) is 0.143. The van der Waals surface area contributed by atoms with E-state index in [4.69, 9.17) is 5.90 Å². The van der Waals surface area contributed by atoms with Gasteiger partial charge in [0.25, 0.3) is 0 Å². The largest absolute Gasteiger partial charge is 0.300 e. The monoisotopic (exact) mass is 159 g/mol. The number of hydrogen-bond donors (Lipinski definition) is 1. The summed E-state index contributed by atoms with van der Waals surface area (Å²) in [5, 5.41) is 0. The van der Waals surface area contributed by atoms with Crippen molar-refractivity contribution in [1.29, 1.82) is 0 Å². The minimum absolute atomic E-state index is 0.118. The Morgan fingerprint density at radius 3 is 2.73 bits per heavy atom. The molecule has 60 valence electrons. The maximum atomic E-state index is 12.7. The Kier molecular flexibility index (Phi) is 2.51. The van der Waals surface area contributed by atoms with E-state index in [1.54, 1.807) is 0 Å². The molecule has 11 heavy (non-hydrogen) atoms. The second-order valence-corrected chi connectivity index (χ2v) is 2.05. The summed E-state index contributed by atoms with van der Waals surface area (Å²) in [6.45, 7) is -0.121. The van der Waals surface area contributed by atoms with Gasteiger partial charge in [0.1, 0.15) is 11.6 Å². The van der Waals surface area contributed by atoms with Crippen molar-refractivity contribution in [2.24, 2.45) is 5.90 Å². The third kappa shape index (κ3) is 1.96. The molecule has 0 saturated heterocycles. The maximum Gasteiger partial charge on any atom is 0.129 e. The summed E-state index contributed by atoms with van der Waals surface area (Å²) < 4.78 is 25.1. The number of benzene rings is 1. The smallest absolute Gasteiger partial charge is 0.129 e. The van der Waals surface area contributed by atoms with Gasteiger partial charge in [0, 0.05) is 5.56 Å². The molecule has 0 aliphatic heterocycles. The molecule has 0 aliphatic carbocycles. The first-order valence-electron chi connectivity index (χ1n) is 2.99. The van der Waals surface area contributed by atoms with Crippen molar-refractivity contribution in [3.05, 3.63) is 35.4 Å². The van der Waals surface area contributed by atoms with Gasteiger partial charge in [-0.25, -0.2) is 14.7 Å². The van der Waals surface area contributed by atoms with Crippen LogP contribution in [0.15, 0.2) is 18.2 Å². The van der Waals surface area contributed by atoms with Gasteiger partial charge in [-0.2, -0.15) is 0 Å². The van der Waals surface area contributed by atoms with Crippen LogP contribution in [0.1, 0.15) is 5.56 Å². The van der Waals surface area contributed by atoms with Gasteiger partial charge in [-0.15, -0.1) is 0 Å². The van der Waals surface area contributed by atoms with Crippen molar-refractivity contribution in [1.82, 2.24) is 0 Å². The van der Waals surface area contributed by atoms with Gasteiger partial charge in [-0.05, 0) is 18.2 Å². The lowest BCUT2D eigenvalue weighted by molar-refractivity contribution is 0.121. The molecule has 0 fully saturated rings. The van der Waals surface area contributed by atoms with Gasteiger partial charge in [-0.1, -0.05) is 0 Å². The quantitative estimate of drug-likeness (QED) is 0.661. The second-order valence-electron chi connectivity index (χ2n) is 2.05. The molecule has 0 aliphatic rings. The van der Waals surface area contributed by atoms with Crippen LogP contribution in [-0.4, -0.2) is 0 Å². The standard InChI is InChI=1S/C7H7F2NO/c8-6-1-2-7(9)5(3-6)4-11-10/h1-3H,4,10H2.